The third-order valence-electron chi connectivity index (χ3n) is 3.30. The number of ether oxygens (including phenoxy) is 2. The zero-order valence-electron chi connectivity index (χ0n) is 12.5. The largest absolute Gasteiger partial charge is 0.497 e. The van der Waals surface area contributed by atoms with Gasteiger partial charge in [0.15, 0.2) is 6.61 Å². The lowest BCUT2D eigenvalue weighted by Crippen LogP contribution is -2.52. The average Bonchev–Trinajstić information content (AvgIpc) is 2.93. The predicted molar refractivity (Wildman–Crippen MR) is 74.3 cm³/mol. The van der Waals surface area contributed by atoms with Crippen molar-refractivity contribution in [2.45, 2.75) is 25.0 Å². The lowest BCUT2D eigenvalue weighted by Gasteiger charge is -2.29. The van der Waals surface area contributed by atoms with Gasteiger partial charge in [-0.05, 0) is 24.3 Å². The maximum Gasteiger partial charge on any atom is 0.287 e. The van der Waals surface area contributed by atoms with Crippen LogP contribution in [0, 0.1) is 0 Å². The number of nitrogens with zero attached hydrogens (tertiary/aromatic N) is 2. The van der Waals surface area contributed by atoms with Gasteiger partial charge in [-0.25, -0.2) is 17.6 Å². The number of hydrogen-bond donors (Lipinski definition) is 1. The van der Waals surface area contributed by atoms with Gasteiger partial charge < -0.3 is 14.6 Å². The highest BCUT2D eigenvalue weighted by Crippen LogP contribution is 2.33. The predicted octanol–water partition coefficient (Wildman–Crippen LogP) is 1.88. The molecule has 1 N–H and O–H groups in total. The molecule has 0 aromatic heterocycles. The summed E-state index contributed by atoms with van der Waals surface area (Å²) in [6.45, 7) is -0.763. The van der Waals surface area contributed by atoms with Gasteiger partial charge in [0.25, 0.3) is 18.8 Å². The third-order valence-corrected chi connectivity index (χ3v) is 3.30. The molecule has 132 valence electrons. The van der Waals surface area contributed by atoms with Crippen molar-refractivity contribution in [1.82, 2.24) is 5.01 Å². The number of hydrazone groups is 1. The highest BCUT2D eigenvalue weighted by molar-refractivity contribution is 5.93. The topological polar surface area (TPSA) is 71.4 Å². The number of rotatable bonds is 6. The molecule has 0 saturated heterocycles. The van der Waals surface area contributed by atoms with E-state index in [4.69, 9.17) is 9.47 Å². The van der Waals surface area contributed by atoms with Crippen molar-refractivity contribution in [3.05, 3.63) is 24.3 Å². The lowest BCUT2D eigenvalue weighted by atomic mass is 10.1. The van der Waals surface area contributed by atoms with Crippen LogP contribution in [0.25, 0.3) is 0 Å². The highest BCUT2D eigenvalue weighted by atomic mass is 19.3. The summed E-state index contributed by atoms with van der Waals surface area (Å²) >= 11 is 0. The van der Waals surface area contributed by atoms with Crippen LogP contribution in [0.3, 0.4) is 0 Å². The molecular weight excluding hydrogens is 336 g/mol. The highest BCUT2D eigenvalue weighted by Gasteiger charge is 2.53. The molecule has 0 unspecified atom stereocenters. The van der Waals surface area contributed by atoms with Crippen LogP contribution in [0.1, 0.15) is 6.42 Å². The first-order valence-corrected chi connectivity index (χ1v) is 6.74. The molecule has 0 saturated carbocycles. The van der Waals surface area contributed by atoms with Gasteiger partial charge in [0.1, 0.15) is 17.2 Å². The Balaban J connectivity index is 2.08. The zero-order chi connectivity index (χ0) is 17.9. The van der Waals surface area contributed by atoms with Crippen LogP contribution in [0.4, 0.5) is 17.6 Å². The Morgan fingerprint density at radius 2 is 1.88 bits per heavy atom. The van der Waals surface area contributed by atoms with Gasteiger partial charge in [-0.15, -0.1) is 0 Å². The number of halogens is 4. The first kappa shape index (κ1) is 18.0. The van der Waals surface area contributed by atoms with Gasteiger partial charge >= 0.3 is 0 Å². The number of benzene rings is 1. The second kappa shape index (κ2) is 7.04. The maximum absolute atomic E-state index is 13.0. The Bertz CT molecular complexity index is 624. The lowest BCUT2D eigenvalue weighted by molar-refractivity contribution is -0.193. The maximum atomic E-state index is 13.0. The van der Waals surface area contributed by atoms with Gasteiger partial charge in [-0.1, -0.05) is 0 Å². The first-order valence-electron chi connectivity index (χ1n) is 6.74. The molecule has 1 heterocycles. The fraction of sp³-hybridized carbons (Fsp3) is 0.429. The van der Waals surface area contributed by atoms with Crippen LogP contribution >= 0.6 is 0 Å². The van der Waals surface area contributed by atoms with E-state index in [1.807, 2.05) is 0 Å². The number of carbonyl (C=O) groups excluding carboxylic acids is 1. The van der Waals surface area contributed by atoms with Crippen LogP contribution < -0.4 is 9.47 Å². The molecule has 1 aliphatic heterocycles. The number of carbonyl (C=O) groups is 1. The summed E-state index contributed by atoms with van der Waals surface area (Å²) in [6, 6.07) is 6.00. The monoisotopic (exact) mass is 350 g/mol. The Morgan fingerprint density at radius 3 is 2.38 bits per heavy atom. The molecule has 6 nitrogen and oxygen atoms in total. The van der Waals surface area contributed by atoms with Crippen LogP contribution in [0.15, 0.2) is 29.4 Å². The fourth-order valence-corrected chi connectivity index (χ4v) is 2.03. The molecule has 0 radical (unpaired) electrons. The van der Waals surface area contributed by atoms with E-state index < -0.39 is 43.2 Å². The van der Waals surface area contributed by atoms with E-state index in [-0.39, 0.29) is 10.8 Å². The molecule has 10 heteroatoms. The number of aliphatic hydroxyl groups is 1. The number of methoxy groups -OCH3 is 1. The van der Waals surface area contributed by atoms with Crippen molar-refractivity contribution in [1.29, 1.82) is 0 Å². The second-order valence-electron chi connectivity index (χ2n) is 4.92. The molecule has 24 heavy (non-hydrogen) atoms. The van der Waals surface area contributed by atoms with E-state index in [0.29, 0.717) is 5.75 Å². The smallest absolute Gasteiger partial charge is 0.287 e. The minimum Gasteiger partial charge on any atom is -0.497 e. The van der Waals surface area contributed by atoms with Gasteiger partial charge in [0.2, 0.25) is 5.72 Å². The SMILES string of the molecule is COc1ccc(OCC(=O)N2N=C(C(F)F)C[C@@]2(O)C(F)F)cc1. The van der Waals surface area contributed by atoms with E-state index in [1.165, 1.54) is 31.4 Å². The van der Waals surface area contributed by atoms with Crippen LogP contribution in [0.2, 0.25) is 0 Å². The van der Waals surface area contributed by atoms with Crippen LogP contribution in [-0.2, 0) is 4.79 Å². The number of amides is 1. The molecule has 1 atom stereocenters. The first-order chi connectivity index (χ1) is 11.3. The van der Waals surface area contributed by atoms with Crippen molar-refractivity contribution in [2.75, 3.05) is 13.7 Å². The van der Waals surface area contributed by atoms with Crippen molar-refractivity contribution in [3.63, 3.8) is 0 Å². The fourth-order valence-electron chi connectivity index (χ4n) is 2.03. The summed E-state index contributed by atoms with van der Waals surface area (Å²) in [6.07, 6.45) is -7.76. The van der Waals surface area contributed by atoms with Gasteiger partial charge in [-0.2, -0.15) is 10.1 Å². The molecule has 0 fully saturated rings. The summed E-state index contributed by atoms with van der Waals surface area (Å²) in [5, 5.41) is 12.9. The molecule has 1 aliphatic rings. The Kier molecular flexibility index (Phi) is 5.27. The molecular formula is C14H14F4N2O4. The quantitative estimate of drug-likeness (QED) is 0.796. The Labute approximate surface area is 134 Å². The van der Waals surface area contributed by atoms with E-state index in [2.05, 4.69) is 5.10 Å². The summed E-state index contributed by atoms with van der Waals surface area (Å²) in [5.74, 6) is -0.419. The van der Waals surface area contributed by atoms with E-state index in [9.17, 15) is 27.5 Å². The van der Waals surface area contributed by atoms with Crippen LogP contribution in [-0.4, -0.2) is 54.0 Å². The van der Waals surface area contributed by atoms with Crippen molar-refractivity contribution in [3.8, 4) is 11.5 Å². The Hall–Kier alpha value is -2.36. The van der Waals surface area contributed by atoms with Gasteiger partial charge in [-0.3, -0.25) is 4.79 Å². The normalized spacial score (nSPS) is 20.5. The summed E-state index contributed by atoms with van der Waals surface area (Å²) in [4.78, 5) is 12.0. The standard InChI is InChI=1S/C14H14F4N2O4/c1-23-8-2-4-9(5-3-8)24-7-11(21)20-14(22,13(17)18)6-10(19-20)12(15)16/h2-5,12-13,22H,6-7H2,1H3/t14-/m1/s1. The third kappa shape index (κ3) is 3.58. The van der Waals surface area contributed by atoms with Crippen molar-refractivity contribution < 1.29 is 36.9 Å². The molecule has 2 rings (SSSR count). The minimum absolute atomic E-state index is 0.0390. The van der Waals surface area contributed by atoms with Crippen LogP contribution in [0.5, 0.6) is 11.5 Å². The number of alkyl halides is 4. The zero-order valence-corrected chi connectivity index (χ0v) is 12.5. The summed E-state index contributed by atoms with van der Waals surface area (Å²) in [7, 11) is 1.45. The molecule has 0 bridgehead atoms. The summed E-state index contributed by atoms with van der Waals surface area (Å²) in [5.41, 5.74) is -4.10. The van der Waals surface area contributed by atoms with E-state index in [1.54, 1.807) is 0 Å². The van der Waals surface area contributed by atoms with Crippen molar-refractivity contribution >= 4 is 11.6 Å². The van der Waals surface area contributed by atoms with Gasteiger partial charge in [0.05, 0.1) is 7.11 Å². The molecule has 1 aromatic carbocycles. The Morgan fingerprint density at radius 1 is 1.29 bits per heavy atom. The molecule has 1 aromatic rings. The molecule has 1 amide bonds. The van der Waals surface area contributed by atoms with Crippen molar-refractivity contribution in [2.24, 2.45) is 5.10 Å². The minimum atomic E-state index is -3.47. The number of hydrogen-bond acceptors (Lipinski definition) is 5. The molecule has 0 spiro atoms. The van der Waals surface area contributed by atoms with Gasteiger partial charge in [0, 0.05) is 6.42 Å². The van der Waals surface area contributed by atoms with E-state index in [0.717, 1.165) is 0 Å². The van der Waals surface area contributed by atoms with E-state index >= 15 is 0 Å². The second-order valence-corrected chi connectivity index (χ2v) is 4.92. The average molecular weight is 350 g/mol. The molecule has 0 aliphatic carbocycles. The summed E-state index contributed by atoms with van der Waals surface area (Å²) < 4.78 is 61.3.